The van der Waals surface area contributed by atoms with Crippen LogP contribution in [0.25, 0.3) is 0 Å². The average Bonchev–Trinajstić information content (AvgIpc) is 3.26. The van der Waals surface area contributed by atoms with Crippen molar-refractivity contribution in [3.63, 3.8) is 0 Å². The number of hydrogen-bond donors (Lipinski definition) is 1. The minimum atomic E-state index is -1.49. The molecular weight excluding hydrogens is 362 g/mol. The molecule has 0 bridgehead atoms. The highest BCUT2D eigenvalue weighted by molar-refractivity contribution is 5.95. The minimum Gasteiger partial charge on any atom is -0.467 e. The number of rotatable bonds is 4. The summed E-state index contributed by atoms with van der Waals surface area (Å²) in [4.78, 5) is 27.4. The van der Waals surface area contributed by atoms with E-state index in [2.05, 4.69) is 0 Å². The first-order valence-corrected chi connectivity index (χ1v) is 9.63. The van der Waals surface area contributed by atoms with Gasteiger partial charge in [-0.05, 0) is 12.0 Å². The summed E-state index contributed by atoms with van der Waals surface area (Å²) in [5, 5.41) is 11.1. The Morgan fingerprint density at radius 2 is 2.00 bits per heavy atom. The Balaban J connectivity index is 1.59. The second kappa shape index (κ2) is 6.54. The summed E-state index contributed by atoms with van der Waals surface area (Å²) in [6.07, 6.45) is -1.70. The Morgan fingerprint density at radius 3 is 2.61 bits per heavy atom. The van der Waals surface area contributed by atoms with Crippen LogP contribution in [0.4, 0.5) is 0 Å². The molecule has 7 nitrogen and oxygen atoms in total. The maximum atomic E-state index is 13.3. The van der Waals surface area contributed by atoms with Crippen LogP contribution in [0.2, 0.25) is 0 Å². The van der Waals surface area contributed by atoms with Crippen LogP contribution < -0.4 is 0 Å². The van der Waals surface area contributed by atoms with Crippen LogP contribution in [0.1, 0.15) is 38.9 Å². The highest BCUT2D eigenvalue weighted by atomic mass is 16.6. The van der Waals surface area contributed by atoms with Crippen molar-refractivity contribution in [2.45, 2.75) is 57.3 Å². The lowest BCUT2D eigenvalue weighted by Gasteiger charge is -2.36. The topological polar surface area (TPSA) is 88.6 Å². The molecule has 0 unspecified atom stereocenters. The van der Waals surface area contributed by atoms with Crippen molar-refractivity contribution in [2.24, 2.45) is 11.3 Å². The molecule has 0 spiro atoms. The number of esters is 1. The fraction of sp³-hybridized carbons (Fsp3) is 0.619. The Morgan fingerprint density at radius 1 is 1.32 bits per heavy atom. The molecule has 0 saturated carbocycles. The van der Waals surface area contributed by atoms with Crippen molar-refractivity contribution in [3.8, 4) is 0 Å². The van der Waals surface area contributed by atoms with Crippen molar-refractivity contribution in [3.05, 3.63) is 35.9 Å². The molecule has 3 fully saturated rings. The second-order valence-electron chi connectivity index (χ2n) is 8.95. The van der Waals surface area contributed by atoms with E-state index in [0.717, 1.165) is 5.56 Å². The highest BCUT2D eigenvalue weighted by Gasteiger charge is 2.70. The third-order valence-corrected chi connectivity index (χ3v) is 6.03. The van der Waals surface area contributed by atoms with Gasteiger partial charge in [0.05, 0.1) is 25.7 Å². The van der Waals surface area contributed by atoms with Gasteiger partial charge < -0.3 is 19.3 Å². The number of hydrogen-bond acceptors (Lipinski definition) is 6. The van der Waals surface area contributed by atoms with Gasteiger partial charge in [0.15, 0.2) is 5.54 Å². The van der Waals surface area contributed by atoms with Gasteiger partial charge in [-0.15, -0.1) is 0 Å². The summed E-state index contributed by atoms with van der Waals surface area (Å²) in [6.45, 7) is 5.74. The Bertz CT molecular complexity index is 775. The number of nitrogens with zero attached hydrogens (tertiary/aromatic N) is 1. The van der Waals surface area contributed by atoms with Gasteiger partial charge >= 0.3 is 5.97 Å². The number of aliphatic hydroxyl groups excluding tert-OH is 1. The number of ether oxygens (including phenoxy) is 3. The zero-order valence-electron chi connectivity index (χ0n) is 16.6. The Kier molecular flexibility index (Phi) is 4.52. The molecule has 4 rings (SSSR count). The van der Waals surface area contributed by atoms with E-state index >= 15 is 0 Å². The van der Waals surface area contributed by atoms with E-state index in [0.29, 0.717) is 6.42 Å². The van der Waals surface area contributed by atoms with Crippen LogP contribution in [0.3, 0.4) is 0 Å². The molecule has 3 heterocycles. The zero-order valence-corrected chi connectivity index (χ0v) is 16.6. The van der Waals surface area contributed by atoms with Crippen molar-refractivity contribution in [1.29, 1.82) is 0 Å². The molecule has 0 radical (unpaired) electrons. The zero-order chi connectivity index (χ0) is 20.3. The largest absolute Gasteiger partial charge is 0.467 e. The van der Waals surface area contributed by atoms with Crippen molar-refractivity contribution in [1.82, 2.24) is 4.90 Å². The normalized spacial score (nSPS) is 37.1. The fourth-order valence-corrected chi connectivity index (χ4v) is 4.58. The molecule has 1 aromatic carbocycles. The summed E-state index contributed by atoms with van der Waals surface area (Å²) >= 11 is 0. The number of carbonyl (C=O) groups is 2. The average molecular weight is 389 g/mol. The molecule has 1 N–H and O–H groups in total. The molecule has 0 aromatic heterocycles. The maximum Gasteiger partial charge on any atom is 0.337 e. The molecular formula is C21H27NO6. The molecule has 7 heteroatoms. The lowest BCUT2D eigenvalue weighted by atomic mass is 9.86. The first-order valence-electron chi connectivity index (χ1n) is 9.63. The standard InChI is InChI=1S/C21H27NO6/c1-20(2,3)18-22-17(24)13(16(23)21(22,11-27-18)19(25)26-4)10-14-15(28-14)12-8-6-5-7-9-12/h5-9,13-16,18,23H,10-11H2,1-4H3/t13-,14-,15-,16+,18-,21-/m1/s1. The minimum absolute atomic E-state index is 0.0708. The van der Waals surface area contributed by atoms with Crippen LogP contribution in [-0.2, 0) is 23.8 Å². The monoisotopic (exact) mass is 389 g/mol. The van der Waals surface area contributed by atoms with Gasteiger partial charge in [0.25, 0.3) is 0 Å². The number of fused-ring (bicyclic) bond motifs is 1. The fourth-order valence-electron chi connectivity index (χ4n) is 4.58. The third kappa shape index (κ3) is 2.76. The van der Waals surface area contributed by atoms with E-state index in [4.69, 9.17) is 14.2 Å². The smallest absolute Gasteiger partial charge is 0.337 e. The first kappa shape index (κ1) is 19.4. The van der Waals surface area contributed by atoms with E-state index in [1.807, 2.05) is 51.1 Å². The highest BCUT2D eigenvalue weighted by Crippen LogP contribution is 2.51. The number of aliphatic hydroxyl groups is 1. The molecule has 6 atom stereocenters. The van der Waals surface area contributed by atoms with Gasteiger partial charge in [0.2, 0.25) is 5.91 Å². The summed E-state index contributed by atoms with van der Waals surface area (Å²) in [5.41, 5.74) is -0.861. The van der Waals surface area contributed by atoms with Gasteiger partial charge in [-0.3, -0.25) is 9.69 Å². The van der Waals surface area contributed by atoms with Crippen LogP contribution in [0.5, 0.6) is 0 Å². The quantitative estimate of drug-likeness (QED) is 0.622. The molecule has 3 aliphatic rings. The summed E-state index contributed by atoms with van der Waals surface area (Å²) in [7, 11) is 1.26. The molecule has 0 aliphatic carbocycles. The lowest BCUT2D eigenvalue weighted by molar-refractivity contribution is -0.161. The third-order valence-electron chi connectivity index (χ3n) is 6.03. The van der Waals surface area contributed by atoms with E-state index in [1.54, 1.807) is 0 Å². The number of methoxy groups -OCH3 is 1. The van der Waals surface area contributed by atoms with Crippen molar-refractivity contribution >= 4 is 11.9 Å². The SMILES string of the molecule is COC(=O)[C@]12CO[C@H](C(C)(C)C)N1C(=O)[C@H](C[C@H]1O[C@@H]1c1ccccc1)[C@@H]2O. The second-order valence-corrected chi connectivity index (χ2v) is 8.95. The van der Waals surface area contributed by atoms with E-state index in [1.165, 1.54) is 12.0 Å². The molecule has 1 amide bonds. The number of carbonyl (C=O) groups excluding carboxylic acids is 2. The van der Waals surface area contributed by atoms with Crippen molar-refractivity contribution in [2.75, 3.05) is 13.7 Å². The van der Waals surface area contributed by atoms with Crippen LogP contribution in [0.15, 0.2) is 30.3 Å². The first-order chi connectivity index (χ1) is 13.2. The van der Waals surface area contributed by atoms with Crippen LogP contribution >= 0.6 is 0 Å². The summed E-state index contributed by atoms with van der Waals surface area (Å²) in [6, 6.07) is 9.78. The van der Waals surface area contributed by atoms with Gasteiger partial charge in [-0.1, -0.05) is 51.1 Å². The number of amides is 1. The Hall–Kier alpha value is -1.96. The predicted molar refractivity (Wildman–Crippen MR) is 99.0 cm³/mol. The number of epoxide rings is 1. The van der Waals surface area contributed by atoms with Gasteiger partial charge in [0, 0.05) is 5.41 Å². The molecule has 28 heavy (non-hydrogen) atoms. The maximum absolute atomic E-state index is 13.3. The number of benzene rings is 1. The molecule has 3 saturated heterocycles. The van der Waals surface area contributed by atoms with Crippen molar-refractivity contribution < 1.29 is 28.9 Å². The van der Waals surface area contributed by atoms with Gasteiger partial charge in [-0.25, -0.2) is 4.79 Å². The summed E-state index contributed by atoms with van der Waals surface area (Å²) in [5.74, 6) is -1.65. The summed E-state index contributed by atoms with van der Waals surface area (Å²) < 4.78 is 16.6. The van der Waals surface area contributed by atoms with E-state index < -0.39 is 35.2 Å². The molecule has 152 valence electrons. The molecule has 3 aliphatic heterocycles. The van der Waals surface area contributed by atoms with Crippen LogP contribution in [0, 0.1) is 11.3 Å². The van der Waals surface area contributed by atoms with E-state index in [9.17, 15) is 14.7 Å². The Labute approximate surface area is 164 Å². The van der Waals surface area contributed by atoms with Gasteiger partial charge in [-0.2, -0.15) is 0 Å². The lowest BCUT2D eigenvalue weighted by Crippen LogP contribution is -2.59. The van der Waals surface area contributed by atoms with Crippen LogP contribution in [-0.4, -0.2) is 59.6 Å². The molecule has 1 aromatic rings. The van der Waals surface area contributed by atoms with Gasteiger partial charge in [0.1, 0.15) is 18.4 Å². The predicted octanol–water partition coefficient (Wildman–Crippen LogP) is 1.65. The van der Waals surface area contributed by atoms with E-state index in [-0.39, 0.29) is 24.7 Å².